The van der Waals surface area contributed by atoms with Crippen molar-refractivity contribution in [1.29, 1.82) is 0 Å². The molecule has 0 spiro atoms. The lowest BCUT2D eigenvalue weighted by molar-refractivity contribution is -0.137. The van der Waals surface area contributed by atoms with Crippen molar-refractivity contribution in [3.8, 4) is 0 Å². The summed E-state index contributed by atoms with van der Waals surface area (Å²) in [6.45, 7) is 0.631. The highest BCUT2D eigenvalue weighted by molar-refractivity contribution is 8.00. The standard InChI is InChI=1S/C20H22N2O3S/c23-11-16-20(26-12-21-16)19(25)17-6-3-7-22(17)18(24)10-13-8-14-4-1-2-5-15(14)9-13/h1-2,4-5,8,11,16-17,20-21H,3,6-7,9-10,12H2/t16-,17+,20?/m1/s1. The molecular formula is C20H22N2O3S. The second kappa shape index (κ2) is 7.37. The number of carbonyl (C=O) groups is 3. The van der Waals surface area contributed by atoms with Crippen LogP contribution < -0.4 is 5.32 Å². The minimum atomic E-state index is -0.433. The molecule has 1 unspecified atom stereocenters. The fraction of sp³-hybridized carbons (Fsp3) is 0.450. The molecule has 0 radical (unpaired) electrons. The van der Waals surface area contributed by atoms with Crippen molar-refractivity contribution in [1.82, 2.24) is 10.2 Å². The quantitative estimate of drug-likeness (QED) is 0.801. The van der Waals surface area contributed by atoms with Gasteiger partial charge in [0.2, 0.25) is 5.91 Å². The zero-order valence-electron chi connectivity index (χ0n) is 14.5. The Morgan fingerprint density at radius 2 is 2.15 bits per heavy atom. The summed E-state index contributed by atoms with van der Waals surface area (Å²) >= 11 is 1.47. The summed E-state index contributed by atoms with van der Waals surface area (Å²) < 4.78 is 0. The van der Waals surface area contributed by atoms with Crippen LogP contribution in [0.3, 0.4) is 0 Å². The number of amides is 1. The summed E-state index contributed by atoms with van der Waals surface area (Å²) in [5.74, 6) is 0.649. The summed E-state index contributed by atoms with van der Waals surface area (Å²) in [4.78, 5) is 38.7. The van der Waals surface area contributed by atoms with Gasteiger partial charge in [0.25, 0.3) is 0 Å². The number of rotatable bonds is 5. The summed E-state index contributed by atoms with van der Waals surface area (Å²) in [5.41, 5.74) is 3.55. The first kappa shape index (κ1) is 17.5. The molecule has 2 saturated heterocycles. The molecule has 6 heteroatoms. The molecule has 3 atom stereocenters. The minimum Gasteiger partial charge on any atom is -0.332 e. The van der Waals surface area contributed by atoms with Gasteiger partial charge in [-0.15, -0.1) is 11.8 Å². The van der Waals surface area contributed by atoms with Crippen LogP contribution >= 0.6 is 11.8 Å². The average Bonchev–Trinajstić information content (AvgIpc) is 3.38. The molecule has 2 heterocycles. The Morgan fingerprint density at radius 3 is 2.96 bits per heavy atom. The lowest BCUT2D eigenvalue weighted by Gasteiger charge is -2.26. The Kier molecular flexibility index (Phi) is 4.96. The maximum Gasteiger partial charge on any atom is 0.227 e. The highest BCUT2D eigenvalue weighted by Gasteiger charge is 2.42. The highest BCUT2D eigenvalue weighted by atomic mass is 32.2. The van der Waals surface area contributed by atoms with Gasteiger partial charge in [0.15, 0.2) is 5.78 Å². The maximum atomic E-state index is 12.9. The number of nitrogens with zero attached hydrogens (tertiary/aromatic N) is 1. The third-order valence-electron chi connectivity index (χ3n) is 5.45. The first-order valence-electron chi connectivity index (χ1n) is 9.08. The lowest BCUT2D eigenvalue weighted by Crippen LogP contribution is -2.47. The molecule has 5 nitrogen and oxygen atoms in total. The third-order valence-corrected chi connectivity index (χ3v) is 6.67. The molecule has 1 aromatic carbocycles. The topological polar surface area (TPSA) is 66.5 Å². The lowest BCUT2D eigenvalue weighted by atomic mass is 10.0. The Morgan fingerprint density at radius 1 is 1.31 bits per heavy atom. The number of thioether (sulfide) groups is 1. The number of carbonyl (C=O) groups excluding carboxylic acids is 3. The third kappa shape index (κ3) is 3.23. The molecule has 3 aliphatic rings. The van der Waals surface area contributed by atoms with Gasteiger partial charge in [-0.05, 0) is 30.4 Å². The number of nitrogens with one attached hydrogen (secondary N) is 1. The summed E-state index contributed by atoms with van der Waals surface area (Å²) in [7, 11) is 0. The molecule has 0 bridgehead atoms. The first-order valence-corrected chi connectivity index (χ1v) is 10.1. The predicted molar refractivity (Wildman–Crippen MR) is 102 cm³/mol. The minimum absolute atomic E-state index is 0.0200. The van der Waals surface area contributed by atoms with Gasteiger partial charge in [0, 0.05) is 18.8 Å². The van der Waals surface area contributed by atoms with E-state index in [4.69, 9.17) is 0 Å². The van der Waals surface area contributed by atoms with Gasteiger partial charge in [-0.2, -0.15) is 0 Å². The van der Waals surface area contributed by atoms with Crippen molar-refractivity contribution >= 4 is 35.8 Å². The largest absolute Gasteiger partial charge is 0.332 e. The van der Waals surface area contributed by atoms with Crippen LogP contribution in [0.4, 0.5) is 0 Å². The van der Waals surface area contributed by atoms with Crippen LogP contribution in [0.25, 0.3) is 6.08 Å². The summed E-state index contributed by atoms with van der Waals surface area (Å²) in [5, 5.41) is 2.66. The van der Waals surface area contributed by atoms with Crippen LogP contribution in [-0.2, 0) is 20.8 Å². The molecule has 26 heavy (non-hydrogen) atoms. The van der Waals surface area contributed by atoms with Crippen molar-refractivity contribution in [2.45, 2.75) is 43.0 Å². The number of fused-ring (bicyclic) bond motifs is 1. The SMILES string of the molecule is O=C[C@H]1NCSC1C(=O)[C@@H]1CCCN1C(=O)CC1=Cc2ccccc2C1. The molecule has 136 valence electrons. The van der Waals surface area contributed by atoms with E-state index in [1.807, 2.05) is 12.1 Å². The zero-order chi connectivity index (χ0) is 18.1. The molecule has 4 rings (SSSR count). The molecular weight excluding hydrogens is 348 g/mol. The number of Topliss-reactive ketones (excluding diaryl/α,β-unsaturated/α-hetero) is 1. The van der Waals surface area contributed by atoms with Crippen molar-refractivity contribution in [3.05, 3.63) is 41.0 Å². The Hall–Kier alpha value is -1.92. The van der Waals surface area contributed by atoms with E-state index in [-0.39, 0.29) is 23.0 Å². The van der Waals surface area contributed by atoms with Gasteiger partial charge >= 0.3 is 0 Å². The van der Waals surface area contributed by atoms with Crippen LogP contribution in [0.5, 0.6) is 0 Å². The number of benzene rings is 1. The molecule has 1 N–H and O–H groups in total. The number of aldehydes is 1. The van der Waals surface area contributed by atoms with Crippen molar-refractivity contribution in [3.63, 3.8) is 0 Å². The van der Waals surface area contributed by atoms with Gasteiger partial charge in [-0.3, -0.25) is 14.9 Å². The molecule has 1 amide bonds. The van der Waals surface area contributed by atoms with Gasteiger partial charge in [-0.25, -0.2) is 0 Å². The van der Waals surface area contributed by atoms with Crippen molar-refractivity contribution < 1.29 is 14.4 Å². The summed E-state index contributed by atoms with van der Waals surface area (Å²) in [6, 6.07) is 7.37. The fourth-order valence-corrected chi connectivity index (χ4v) is 5.29. The van der Waals surface area contributed by atoms with Crippen LogP contribution in [-0.4, -0.2) is 52.6 Å². The van der Waals surface area contributed by atoms with E-state index in [0.717, 1.165) is 24.7 Å². The average molecular weight is 370 g/mol. The fourth-order valence-electron chi connectivity index (χ4n) is 4.13. The molecule has 1 aromatic rings. The molecule has 0 aromatic heterocycles. The van der Waals surface area contributed by atoms with Crippen molar-refractivity contribution in [2.24, 2.45) is 0 Å². The van der Waals surface area contributed by atoms with E-state index < -0.39 is 6.04 Å². The van der Waals surface area contributed by atoms with Crippen LogP contribution in [0.15, 0.2) is 29.8 Å². The monoisotopic (exact) mass is 370 g/mol. The van der Waals surface area contributed by atoms with E-state index in [1.165, 1.54) is 22.9 Å². The van der Waals surface area contributed by atoms with E-state index in [9.17, 15) is 14.4 Å². The number of hydrogen-bond acceptors (Lipinski definition) is 5. The van der Waals surface area contributed by atoms with Crippen LogP contribution in [0.1, 0.15) is 30.4 Å². The number of ketones is 1. The van der Waals surface area contributed by atoms with E-state index in [0.29, 0.717) is 25.3 Å². The van der Waals surface area contributed by atoms with E-state index >= 15 is 0 Å². The Balaban J connectivity index is 1.43. The molecule has 1 aliphatic carbocycles. The van der Waals surface area contributed by atoms with Crippen LogP contribution in [0, 0.1) is 0 Å². The smallest absolute Gasteiger partial charge is 0.227 e. The number of likely N-dealkylation sites (tertiary alicyclic amines) is 1. The molecule has 2 fully saturated rings. The summed E-state index contributed by atoms with van der Waals surface area (Å²) in [6.07, 6.45) is 5.63. The number of hydrogen-bond donors (Lipinski definition) is 1. The van der Waals surface area contributed by atoms with Gasteiger partial charge in [0.05, 0.1) is 17.3 Å². The van der Waals surface area contributed by atoms with Crippen molar-refractivity contribution in [2.75, 3.05) is 12.4 Å². The first-order chi connectivity index (χ1) is 12.7. The Labute approximate surface area is 157 Å². The normalized spacial score (nSPS) is 27.3. The van der Waals surface area contributed by atoms with E-state index in [2.05, 4.69) is 23.5 Å². The second-order valence-corrected chi connectivity index (χ2v) is 8.23. The maximum absolute atomic E-state index is 12.9. The van der Waals surface area contributed by atoms with Gasteiger partial charge in [-0.1, -0.05) is 35.9 Å². The molecule has 2 aliphatic heterocycles. The van der Waals surface area contributed by atoms with Crippen LogP contribution in [0.2, 0.25) is 0 Å². The molecule has 0 saturated carbocycles. The van der Waals surface area contributed by atoms with Gasteiger partial charge in [0.1, 0.15) is 6.29 Å². The van der Waals surface area contributed by atoms with E-state index in [1.54, 1.807) is 4.90 Å². The zero-order valence-corrected chi connectivity index (χ0v) is 15.3. The second-order valence-electron chi connectivity index (χ2n) is 7.10. The predicted octanol–water partition coefficient (Wildman–Crippen LogP) is 1.81. The van der Waals surface area contributed by atoms with Gasteiger partial charge < -0.3 is 9.69 Å². The Bertz CT molecular complexity index is 776. The highest BCUT2D eigenvalue weighted by Crippen LogP contribution is 2.31.